The second kappa shape index (κ2) is 7.99. The number of aromatic nitrogens is 2. The van der Waals surface area contributed by atoms with Crippen molar-refractivity contribution in [1.29, 1.82) is 0 Å². The van der Waals surface area contributed by atoms with Gasteiger partial charge in [-0.1, -0.05) is 0 Å². The fourth-order valence-corrected chi connectivity index (χ4v) is 4.56. The summed E-state index contributed by atoms with van der Waals surface area (Å²) in [5.41, 5.74) is 0.960. The molecule has 0 saturated heterocycles. The summed E-state index contributed by atoms with van der Waals surface area (Å²) in [6.07, 6.45) is 5.60. The SMILES string of the molecule is CCNC(=O)CN(CC)C(=O)Cn1cnc2sc3c(c2c1=O)CCCC3. The van der Waals surface area contributed by atoms with Crippen LogP contribution in [0.4, 0.5) is 0 Å². The van der Waals surface area contributed by atoms with Gasteiger partial charge in [0.05, 0.1) is 18.3 Å². The summed E-state index contributed by atoms with van der Waals surface area (Å²) in [5.74, 6) is -0.457. The first-order valence-corrected chi connectivity index (χ1v) is 9.90. The van der Waals surface area contributed by atoms with Gasteiger partial charge in [-0.25, -0.2) is 4.98 Å². The summed E-state index contributed by atoms with van der Waals surface area (Å²) in [5, 5.41) is 3.36. The lowest BCUT2D eigenvalue weighted by molar-refractivity contribution is -0.136. The molecular weight excluding hydrogens is 352 g/mol. The van der Waals surface area contributed by atoms with Crippen molar-refractivity contribution in [3.8, 4) is 0 Å². The summed E-state index contributed by atoms with van der Waals surface area (Å²) in [6, 6.07) is 0. The van der Waals surface area contributed by atoms with Crippen molar-refractivity contribution in [2.75, 3.05) is 19.6 Å². The first-order chi connectivity index (χ1) is 12.5. The number of carbonyl (C=O) groups excluding carboxylic acids is 2. The lowest BCUT2D eigenvalue weighted by Gasteiger charge is -2.20. The summed E-state index contributed by atoms with van der Waals surface area (Å²) in [6.45, 7) is 4.48. The topological polar surface area (TPSA) is 84.3 Å². The van der Waals surface area contributed by atoms with Gasteiger partial charge in [-0.05, 0) is 45.1 Å². The second-order valence-electron chi connectivity index (χ2n) is 6.43. The van der Waals surface area contributed by atoms with Crippen LogP contribution in [0.25, 0.3) is 10.2 Å². The smallest absolute Gasteiger partial charge is 0.262 e. The maximum atomic E-state index is 12.9. The highest BCUT2D eigenvalue weighted by Crippen LogP contribution is 2.33. The van der Waals surface area contributed by atoms with Crippen molar-refractivity contribution >= 4 is 33.4 Å². The number of hydrogen-bond donors (Lipinski definition) is 1. The number of amides is 2. The van der Waals surface area contributed by atoms with Crippen molar-refractivity contribution in [3.63, 3.8) is 0 Å². The first kappa shape index (κ1) is 18.6. The Hall–Kier alpha value is -2.22. The van der Waals surface area contributed by atoms with Gasteiger partial charge < -0.3 is 10.2 Å². The van der Waals surface area contributed by atoms with Crippen LogP contribution in [0.1, 0.15) is 37.1 Å². The quantitative estimate of drug-likeness (QED) is 0.824. The van der Waals surface area contributed by atoms with E-state index >= 15 is 0 Å². The number of nitrogens with zero attached hydrogens (tertiary/aromatic N) is 3. The number of rotatable bonds is 6. The molecule has 0 fully saturated rings. The van der Waals surface area contributed by atoms with Crippen LogP contribution < -0.4 is 10.9 Å². The van der Waals surface area contributed by atoms with Crippen LogP contribution >= 0.6 is 11.3 Å². The van der Waals surface area contributed by atoms with Crippen LogP contribution in [-0.4, -0.2) is 45.9 Å². The Bertz CT molecular complexity index is 886. The fourth-order valence-electron chi connectivity index (χ4n) is 3.34. The zero-order chi connectivity index (χ0) is 18.7. The molecule has 1 aliphatic rings. The van der Waals surface area contributed by atoms with E-state index in [1.165, 1.54) is 20.7 Å². The molecule has 8 heteroatoms. The van der Waals surface area contributed by atoms with E-state index in [1.54, 1.807) is 11.3 Å². The van der Waals surface area contributed by atoms with E-state index in [9.17, 15) is 14.4 Å². The van der Waals surface area contributed by atoms with E-state index in [-0.39, 0.29) is 30.5 Å². The standard InChI is InChI=1S/C18H24N4O3S/c1-3-19-14(23)9-21(4-2)15(24)10-22-11-20-17-16(18(22)25)12-7-5-6-8-13(12)26-17/h11H,3-10H2,1-2H3,(H,19,23). The Morgan fingerprint density at radius 1 is 1.31 bits per heavy atom. The van der Waals surface area contributed by atoms with Gasteiger partial charge in [-0.3, -0.25) is 19.0 Å². The summed E-state index contributed by atoms with van der Waals surface area (Å²) < 4.78 is 1.37. The lowest BCUT2D eigenvalue weighted by Crippen LogP contribution is -2.43. The molecule has 0 radical (unpaired) electrons. The number of aryl methyl sites for hydroxylation is 2. The van der Waals surface area contributed by atoms with Gasteiger partial charge in [0.1, 0.15) is 11.4 Å². The average Bonchev–Trinajstić information content (AvgIpc) is 3.01. The van der Waals surface area contributed by atoms with Gasteiger partial charge in [-0.15, -0.1) is 11.3 Å². The molecule has 0 aliphatic heterocycles. The van der Waals surface area contributed by atoms with Gasteiger partial charge in [0.2, 0.25) is 11.8 Å². The van der Waals surface area contributed by atoms with E-state index < -0.39 is 0 Å². The van der Waals surface area contributed by atoms with E-state index in [1.807, 2.05) is 13.8 Å². The Morgan fingerprint density at radius 2 is 2.08 bits per heavy atom. The second-order valence-corrected chi connectivity index (χ2v) is 7.51. The molecule has 2 aromatic heterocycles. The van der Waals surface area contributed by atoms with Gasteiger partial charge in [0, 0.05) is 18.0 Å². The fraction of sp³-hybridized carbons (Fsp3) is 0.556. The molecule has 0 unspecified atom stereocenters. The summed E-state index contributed by atoms with van der Waals surface area (Å²) >= 11 is 1.59. The number of carbonyl (C=O) groups is 2. The zero-order valence-corrected chi connectivity index (χ0v) is 16.0. The van der Waals surface area contributed by atoms with E-state index in [2.05, 4.69) is 10.3 Å². The molecule has 0 aromatic carbocycles. The molecule has 0 atom stereocenters. The van der Waals surface area contributed by atoms with Crippen molar-refractivity contribution in [1.82, 2.24) is 19.8 Å². The number of hydrogen-bond acceptors (Lipinski definition) is 5. The maximum Gasteiger partial charge on any atom is 0.262 e. The molecule has 2 heterocycles. The predicted molar refractivity (Wildman–Crippen MR) is 101 cm³/mol. The maximum absolute atomic E-state index is 12.9. The molecule has 7 nitrogen and oxygen atoms in total. The number of thiophene rings is 1. The molecule has 3 rings (SSSR count). The van der Waals surface area contributed by atoms with Gasteiger partial charge in [-0.2, -0.15) is 0 Å². The zero-order valence-electron chi connectivity index (χ0n) is 15.2. The van der Waals surface area contributed by atoms with Crippen LogP contribution in [0.15, 0.2) is 11.1 Å². The van der Waals surface area contributed by atoms with Gasteiger partial charge >= 0.3 is 0 Å². The molecule has 26 heavy (non-hydrogen) atoms. The molecular formula is C18H24N4O3S. The highest BCUT2D eigenvalue weighted by molar-refractivity contribution is 7.18. The number of fused-ring (bicyclic) bond motifs is 3. The van der Waals surface area contributed by atoms with E-state index in [0.717, 1.165) is 36.1 Å². The van der Waals surface area contributed by atoms with E-state index in [4.69, 9.17) is 0 Å². The molecule has 2 amide bonds. The van der Waals surface area contributed by atoms with Crippen LogP contribution in [0.2, 0.25) is 0 Å². The molecule has 0 spiro atoms. The molecule has 2 aromatic rings. The largest absolute Gasteiger partial charge is 0.355 e. The van der Waals surface area contributed by atoms with Crippen molar-refractivity contribution in [3.05, 3.63) is 27.1 Å². The third-order valence-corrected chi connectivity index (χ3v) is 5.89. The predicted octanol–water partition coefficient (Wildman–Crippen LogP) is 1.32. The third-order valence-electron chi connectivity index (χ3n) is 4.69. The molecule has 1 N–H and O–H groups in total. The Balaban J connectivity index is 1.84. The highest BCUT2D eigenvalue weighted by Gasteiger charge is 2.21. The van der Waals surface area contributed by atoms with Gasteiger partial charge in [0.25, 0.3) is 5.56 Å². The Morgan fingerprint density at radius 3 is 2.81 bits per heavy atom. The third kappa shape index (κ3) is 3.65. The van der Waals surface area contributed by atoms with Crippen LogP contribution in [0.5, 0.6) is 0 Å². The Kier molecular flexibility index (Phi) is 5.70. The minimum absolute atomic E-state index is 0.00143. The highest BCUT2D eigenvalue weighted by atomic mass is 32.1. The first-order valence-electron chi connectivity index (χ1n) is 9.09. The lowest BCUT2D eigenvalue weighted by atomic mass is 9.97. The Labute approximate surface area is 156 Å². The van der Waals surface area contributed by atoms with Crippen LogP contribution in [0, 0.1) is 0 Å². The molecule has 0 saturated carbocycles. The molecule has 140 valence electrons. The van der Waals surface area contributed by atoms with E-state index in [0.29, 0.717) is 18.5 Å². The normalized spacial score (nSPS) is 13.5. The minimum Gasteiger partial charge on any atom is -0.355 e. The van der Waals surface area contributed by atoms with Crippen LogP contribution in [0.3, 0.4) is 0 Å². The van der Waals surface area contributed by atoms with Crippen molar-refractivity contribution < 1.29 is 9.59 Å². The van der Waals surface area contributed by atoms with Gasteiger partial charge in [0.15, 0.2) is 0 Å². The van der Waals surface area contributed by atoms with Crippen molar-refractivity contribution in [2.24, 2.45) is 0 Å². The molecule has 1 aliphatic carbocycles. The minimum atomic E-state index is -0.258. The monoisotopic (exact) mass is 376 g/mol. The molecule has 0 bridgehead atoms. The number of nitrogens with one attached hydrogen (secondary N) is 1. The van der Waals surface area contributed by atoms with Crippen molar-refractivity contribution in [2.45, 2.75) is 46.1 Å². The number of likely N-dealkylation sites (N-methyl/N-ethyl adjacent to an activating group) is 2. The summed E-state index contributed by atoms with van der Waals surface area (Å²) in [4.78, 5) is 45.1. The summed E-state index contributed by atoms with van der Waals surface area (Å²) in [7, 11) is 0. The average molecular weight is 376 g/mol. The van der Waals surface area contributed by atoms with Crippen LogP contribution in [-0.2, 0) is 29.0 Å².